The van der Waals surface area contributed by atoms with Gasteiger partial charge in [0.1, 0.15) is 0 Å². The molecule has 51 heavy (non-hydrogen) atoms. The van der Waals surface area contributed by atoms with Crippen molar-refractivity contribution in [1.82, 2.24) is 0 Å². The van der Waals surface area contributed by atoms with E-state index in [9.17, 15) is 9.59 Å². The van der Waals surface area contributed by atoms with Crippen molar-refractivity contribution in [3.05, 3.63) is 167 Å². The van der Waals surface area contributed by atoms with E-state index in [4.69, 9.17) is 17.7 Å². The monoisotopic (exact) mass is 670 g/mol. The number of nitrogens with one attached hydrogen (secondary N) is 3. The summed E-state index contributed by atoms with van der Waals surface area (Å²) < 4.78 is 0. The number of nitrogens with zero attached hydrogens (tertiary/aromatic N) is 2. The fourth-order valence-corrected chi connectivity index (χ4v) is 5.86. The van der Waals surface area contributed by atoms with Crippen LogP contribution in [0, 0.1) is 18.9 Å². The lowest BCUT2D eigenvalue weighted by Gasteiger charge is -2.26. The molecule has 8 heteroatoms. The van der Waals surface area contributed by atoms with Crippen molar-refractivity contribution < 1.29 is 9.59 Å². The van der Waals surface area contributed by atoms with Crippen LogP contribution in [-0.4, -0.2) is 17.6 Å². The molecule has 5 N–H and O–H groups in total. The van der Waals surface area contributed by atoms with E-state index in [2.05, 4.69) is 51.6 Å². The van der Waals surface area contributed by atoms with Gasteiger partial charge in [0.25, 0.3) is 5.91 Å². The molecule has 6 rings (SSSR count). The molecule has 6 aromatic rings. The number of amidine groups is 1. The zero-order valence-corrected chi connectivity index (χ0v) is 28.3. The van der Waals surface area contributed by atoms with E-state index in [1.54, 1.807) is 18.2 Å². The smallest absolute Gasteiger partial charge is 0.255 e. The number of carbonyl (C=O) groups is 2. The van der Waals surface area contributed by atoms with Crippen molar-refractivity contribution in [2.24, 2.45) is 5.73 Å². The number of benzene rings is 6. The second kappa shape index (κ2) is 15.7. The number of anilines is 3. The number of hydrogen-bond acceptors (Lipinski definition) is 4. The second-order valence-corrected chi connectivity index (χ2v) is 12.5. The van der Waals surface area contributed by atoms with Gasteiger partial charge in [0, 0.05) is 54.1 Å². The topological polar surface area (TPSA) is 116 Å². The molecule has 0 aliphatic heterocycles. The van der Waals surface area contributed by atoms with Gasteiger partial charge in [-0.25, -0.2) is 4.85 Å². The van der Waals surface area contributed by atoms with Gasteiger partial charge >= 0.3 is 0 Å². The summed E-state index contributed by atoms with van der Waals surface area (Å²) in [7, 11) is 0. The van der Waals surface area contributed by atoms with Crippen molar-refractivity contribution in [2.75, 3.05) is 15.5 Å². The van der Waals surface area contributed by atoms with E-state index < -0.39 is 0 Å². The fraction of sp³-hybridized carbons (Fsp3) is 0.116. The van der Waals surface area contributed by atoms with E-state index in [-0.39, 0.29) is 30.5 Å². The molecule has 8 nitrogen and oxygen atoms in total. The number of hydrogen-bond donors (Lipinski definition) is 4. The van der Waals surface area contributed by atoms with Crippen LogP contribution in [0.1, 0.15) is 39.9 Å². The molecule has 0 aromatic heterocycles. The number of nitrogens with two attached hydrogens (primary N) is 1. The van der Waals surface area contributed by atoms with Gasteiger partial charge in [-0.05, 0) is 82.9 Å². The highest BCUT2D eigenvalue weighted by Crippen LogP contribution is 2.32. The van der Waals surface area contributed by atoms with Crippen LogP contribution >= 0.6 is 0 Å². The first-order valence-electron chi connectivity index (χ1n) is 16.7. The third kappa shape index (κ3) is 8.85. The predicted octanol–water partition coefficient (Wildman–Crippen LogP) is 9.48. The van der Waals surface area contributed by atoms with Crippen LogP contribution in [0.3, 0.4) is 0 Å². The maximum atomic E-state index is 13.6. The zero-order chi connectivity index (χ0) is 35.7. The minimum atomic E-state index is -0.282. The highest BCUT2D eigenvalue weighted by Gasteiger charge is 2.16. The Labute approximate surface area is 297 Å². The van der Waals surface area contributed by atoms with Crippen LogP contribution in [0.5, 0.6) is 0 Å². The lowest BCUT2D eigenvalue weighted by atomic mass is 9.97. The first-order chi connectivity index (χ1) is 24.7. The number of carbonyl (C=O) groups excluding carboxylic acids is 2. The van der Waals surface area contributed by atoms with Crippen LogP contribution in [0.4, 0.5) is 22.7 Å². The summed E-state index contributed by atoms with van der Waals surface area (Å²) in [5.41, 5.74) is 13.8. The Morgan fingerprint density at radius 2 is 1.41 bits per heavy atom. The molecule has 0 spiro atoms. The number of fused-ring (bicyclic) bond motifs is 1. The molecule has 6 aromatic carbocycles. The number of aryl methyl sites for hydroxylation is 1. The minimum Gasteiger partial charge on any atom is -0.388 e. The van der Waals surface area contributed by atoms with Gasteiger partial charge in [0.05, 0.1) is 12.4 Å². The summed E-state index contributed by atoms with van der Waals surface area (Å²) in [6.07, 6.45) is 0.248. The van der Waals surface area contributed by atoms with Crippen molar-refractivity contribution in [2.45, 2.75) is 32.9 Å². The molecule has 252 valence electrons. The maximum Gasteiger partial charge on any atom is 0.255 e. The SMILES string of the molecule is [C-]#[N+]c1ccc(CN(Cc2ccc(C)cc2)c2ccc(NC(=O)c3ccc(NC(=O)CCC(=N)N)c(-c4ccc5ccccc5c4)c3)cc2)cc1. The Morgan fingerprint density at radius 3 is 2.08 bits per heavy atom. The van der Waals surface area contributed by atoms with Crippen molar-refractivity contribution in [3.8, 4) is 11.1 Å². The van der Waals surface area contributed by atoms with Crippen LogP contribution in [0.25, 0.3) is 26.7 Å². The lowest BCUT2D eigenvalue weighted by molar-refractivity contribution is -0.116. The summed E-state index contributed by atoms with van der Waals surface area (Å²) in [6.45, 7) is 10.7. The first kappa shape index (κ1) is 34.2. The van der Waals surface area contributed by atoms with E-state index in [0.29, 0.717) is 41.3 Å². The van der Waals surface area contributed by atoms with Crippen LogP contribution in [0.2, 0.25) is 0 Å². The minimum absolute atomic E-state index is 0.0499. The molecule has 0 aliphatic rings. The van der Waals surface area contributed by atoms with Crippen LogP contribution < -0.4 is 21.3 Å². The standard InChI is InChI=1S/C43H38N6O2/c1-29-7-9-30(10-8-29)27-49(28-31-11-16-36(46-2)17-12-31)38-20-18-37(19-21-38)47-43(51)35-15-22-40(48-42(50)24-23-41(44)45)39(26-35)34-14-13-32-5-3-4-6-33(32)25-34/h3-22,25-26H,23-24,27-28H2,1H3,(H3,44,45)(H,47,51)(H,48,50). The van der Waals surface area contributed by atoms with E-state index in [0.717, 1.165) is 27.6 Å². The molecular formula is C43H38N6O2. The van der Waals surface area contributed by atoms with Crippen molar-refractivity contribution >= 4 is 51.2 Å². The Morgan fingerprint density at radius 1 is 0.745 bits per heavy atom. The normalized spacial score (nSPS) is 10.7. The Balaban J connectivity index is 1.24. The van der Waals surface area contributed by atoms with Crippen LogP contribution in [0.15, 0.2) is 133 Å². The van der Waals surface area contributed by atoms with Gasteiger partial charge in [-0.1, -0.05) is 90.5 Å². The average Bonchev–Trinajstić information content (AvgIpc) is 3.15. The Hall–Kier alpha value is -6.72. The largest absolute Gasteiger partial charge is 0.388 e. The fourth-order valence-electron chi connectivity index (χ4n) is 5.86. The molecular weight excluding hydrogens is 633 g/mol. The zero-order valence-electron chi connectivity index (χ0n) is 28.3. The average molecular weight is 671 g/mol. The molecule has 0 fully saturated rings. The summed E-state index contributed by atoms with van der Waals surface area (Å²) >= 11 is 0. The van der Waals surface area contributed by atoms with Crippen LogP contribution in [-0.2, 0) is 17.9 Å². The van der Waals surface area contributed by atoms with E-state index >= 15 is 0 Å². The van der Waals surface area contributed by atoms with Crippen molar-refractivity contribution in [3.63, 3.8) is 0 Å². The van der Waals surface area contributed by atoms with Gasteiger partial charge in [-0.15, -0.1) is 0 Å². The molecule has 0 heterocycles. The highest BCUT2D eigenvalue weighted by atomic mass is 16.2. The quantitative estimate of drug-likeness (QED) is 0.0590. The number of rotatable bonds is 12. The van der Waals surface area contributed by atoms with Gasteiger partial charge < -0.3 is 21.3 Å². The summed E-state index contributed by atoms with van der Waals surface area (Å²) in [6, 6.07) is 43.2. The molecule has 2 amide bonds. The molecule has 0 saturated carbocycles. The highest BCUT2D eigenvalue weighted by molar-refractivity contribution is 6.07. The summed E-state index contributed by atoms with van der Waals surface area (Å²) in [5.74, 6) is -0.594. The molecule has 0 aliphatic carbocycles. The van der Waals surface area contributed by atoms with E-state index in [1.807, 2.05) is 91.0 Å². The molecule has 0 saturated heterocycles. The molecule has 0 radical (unpaired) electrons. The molecule has 0 unspecified atom stereocenters. The lowest BCUT2D eigenvalue weighted by Crippen LogP contribution is -2.22. The predicted molar refractivity (Wildman–Crippen MR) is 207 cm³/mol. The molecule has 0 atom stereocenters. The van der Waals surface area contributed by atoms with Gasteiger partial charge in [0.2, 0.25) is 5.91 Å². The maximum absolute atomic E-state index is 13.6. The number of amides is 2. The van der Waals surface area contributed by atoms with Gasteiger partial charge in [0.15, 0.2) is 5.69 Å². The van der Waals surface area contributed by atoms with Gasteiger partial charge in [-0.2, -0.15) is 0 Å². The Kier molecular flexibility index (Phi) is 10.5. The van der Waals surface area contributed by atoms with Crippen molar-refractivity contribution in [1.29, 1.82) is 5.41 Å². The van der Waals surface area contributed by atoms with E-state index in [1.165, 1.54) is 11.1 Å². The molecule has 0 bridgehead atoms. The first-order valence-corrected chi connectivity index (χ1v) is 16.7. The van der Waals surface area contributed by atoms with Gasteiger partial charge in [-0.3, -0.25) is 15.0 Å². The second-order valence-electron chi connectivity index (χ2n) is 12.5. The third-order valence-electron chi connectivity index (χ3n) is 8.66. The summed E-state index contributed by atoms with van der Waals surface area (Å²) in [4.78, 5) is 32.2. The third-order valence-corrected chi connectivity index (χ3v) is 8.66. The Bertz CT molecular complexity index is 2240. The summed E-state index contributed by atoms with van der Waals surface area (Å²) in [5, 5.41) is 15.6.